The minimum absolute atomic E-state index is 0.269. The average molecular weight is 283 g/mol. The standard InChI is InChI=1S/C19H25NO/c1-14(2)13-21-19-7-5-6-18(12-19)20-16(4)17-10-8-15(3)9-11-17/h5-12,14,16,20H,13H2,1-4H3. The van der Waals surface area contributed by atoms with Gasteiger partial charge in [-0.15, -0.1) is 0 Å². The van der Waals surface area contributed by atoms with Crippen LogP contribution in [-0.4, -0.2) is 6.61 Å². The van der Waals surface area contributed by atoms with Crippen molar-refractivity contribution in [2.24, 2.45) is 5.92 Å². The third-order valence-electron chi connectivity index (χ3n) is 3.38. The van der Waals surface area contributed by atoms with Crippen LogP contribution in [0.2, 0.25) is 0 Å². The second-order valence-electron chi connectivity index (χ2n) is 6.01. The fourth-order valence-corrected chi connectivity index (χ4v) is 2.13. The molecule has 0 aromatic heterocycles. The van der Waals surface area contributed by atoms with Gasteiger partial charge in [0.25, 0.3) is 0 Å². The normalized spacial score (nSPS) is 12.2. The molecule has 0 radical (unpaired) electrons. The molecule has 2 aromatic rings. The Labute approximate surface area is 128 Å². The summed E-state index contributed by atoms with van der Waals surface area (Å²) in [6, 6.07) is 17.1. The maximum Gasteiger partial charge on any atom is 0.121 e. The summed E-state index contributed by atoms with van der Waals surface area (Å²) in [5.74, 6) is 1.46. The van der Waals surface area contributed by atoms with Gasteiger partial charge in [0.05, 0.1) is 6.61 Å². The Morgan fingerprint density at radius 3 is 2.38 bits per heavy atom. The molecular formula is C19H25NO. The molecule has 0 spiro atoms. The molecule has 1 atom stereocenters. The van der Waals surface area contributed by atoms with Crippen molar-refractivity contribution in [2.75, 3.05) is 11.9 Å². The summed E-state index contributed by atoms with van der Waals surface area (Å²) in [6.45, 7) is 9.34. The Kier molecular flexibility index (Phi) is 5.26. The van der Waals surface area contributed by atoms with Crippen molar-refractivity contribution in [3.8, 4) is 5.75 Å². The van der Waals surface area contributed by atoms with Crippen molar-refractivity contribution in [3.05, 3.63) is 59.7 Å². The molecule has 0 fully saturated rings. The van der Waals surface area contributed by atoms with Crippen LogP contribution in [0.3, 0.4) is 0 Å². The van der Waals surface area contributed by atoms with Gasteiger partial charge in [-0.1, -0.05) is 49.7 Å². The van der Waals surface area contributed by atoms with E-state index in [0.29, 0.717) is 5.92 Å². The number of hydrogen-bond donors (Lipinski definition) is 1. The highest BCUT2D eigenvalue weighted by Gasteiger charge is 2.06. The second kappa shape index (κ2) is 7.16. The first-order chi connectivity index (χ1) is 10.0. The van der Waals surface area contributed by atoms with Crippen molar-refractivity contribution >= 4 is 5.69 Å². The van der Waals surface area contributed by atoms with Gasteiger partial charge in [-0.3, -0.25) is 0 Å². The van der Waals surface area contributed by atoms with Gasteiger partial charge in [0.1, 0.15) is 5.75 Å². The zero-order valence-corrected chi connectivity index (χ0v) is 13.4. The van der Waals surface area contributed by atoms with Crippen LogP contribution in [0.15, 0.2) is 48.5 Å². The quantitative estimate of drug-likeness (QED) is 0.786. The van der Waals surface area contributed by atoms with Crippen molar-refractivity contribution in [1.82, 2.24) is 0 Å². The molecule has 0 aliphatic rings. The summed E-state index contributed by atoms with van der Waals surface area (Å²) in [6.07, 6.45) is 0. The summed E-state index contributed by atoms with van der Waals surface area (Å²) in [4.78, 5) is 0. The number of ether oxygens (including phenoxy) is 1. The van der Waals surface area contributed by atoms with E-state index in [1.54, 1.807) is 0 Å². The number of rotatable bonds is 6. The van der Waals surface area contributed by atoms with Crippen LogP contribution >= 0.6 is 0 Å². The van der Waals surface area contributed by atoms with Crippen LogP contribution in [0.25, 0.3) is 0 Å². The molecule has 0 bridgehead atoms. The second-order valence-corrected chi connectivity index (χ2v) is 6.01. The number of hydrogen-bond acceptors (Lipinski definition) is 2. The number of anilines is 1. The average Bonchev–Trinajstić information content (AvgIpc) is 2.46. The van der Waals surface area contributed by atoms with Crippen LogP contribution < -0.4 is 10.1 Å². The monoisotopic (exact) mass is 283 g/mol. The van der Waals surface area contributed by atoms with Crippen molar-refractivity contribution in [1.29, 1.82) is 0 Å². The molecule has 21 heavy (non-hydrogen) atoms. The van der Waals surface area contributed by atoms with E-state index in [-0.39, 0.29) is 6.04 Å². The smallest absolute Gasteiger partial charge is 0.121 e. The molecule has 0 saturated carbocycles. The third-order valence-corrected chi connectivity index (χ3v) is 3.38. The Bertz CT molecular complexity index is 560. The summed E-state index contributed by atoms with van der Waals surface area (Å²) in [5.41, 5.74) is 3.66. The lowest BCUT2D eigenvalue weighted by Gasteiger charge is -2.17. The Hall–Kier alpha value is -1.96. The highest BCUT2D eigenvalue weighted by atomic mass is 16.5. The molecule has 0 saturated heterocycles. The van der Waals surface area contributed by atoms with Gasteiger partial charge in [0.2, 0.25) is 0 Å². The highest BCUT2D eigenvalue weighted by molar-refractivity contribution is 5.49. The van der Waals surface area contributed by atoms with Crippen LogP contribution in [-0.2, 0) is 0 Å². The molecule has 2 rings (SSSR count). The molecule has 1 N–H and O–H groups in total. The SMILES string of the molecule is Cc1ccc(C(C)Nc2cccc(OCC(C)C)c2)cc1. The summed E-state index contributed by atoms with van der Waals surface area (Å²) in [5, 5.41) is 3.53. The van der Waals surface area contributed by atoms with Gasteiger partial charge >= 0.3 is 0 Å². The summed E-state index contributed by atoms with van der Waals surface area (Å²) < 4.78 is 5.77. The molecule has 0 aliphatic heterocycles. The first kappa shape index (κ1) is 15.4. The Morgan fingerprint density at radius 1 is 1.00 bits per heavy atom. The van der Waals surface area contributed by atoms with Gasteiger partial charge in [0.15, 0.2) is 0 Å². The van der Waals surface area contributed by atoms with E-state index in [1.165, 1.54) is 11.1 Å². The van der Waals surface area contributed by atoms with Crippen molar-refractivity contribution in [3.63, 3.8) is 0 Å². The molecule has 0 heterocycles. The predicted molar refractivity (Wildman–Crippen MR) is 90.0 cm³/mol. The maximum atomic E-state index is 5.77. The van der Waals surface area contributed by atoms with Gasteiger partial charge in [-0.2, -0.15) is 0 Å². The van der Waals surface area contributed by atoms with Crippen molar-refractivity contribution in [2.45, 2.75) is 33.7 Å². The predicted octanol–water partition coefficient (Wildman–Crippen LogP) is 5.20. The van der Waals surface area contributed by atoms with E-state index in [0.717, 1.165) is 18.0 Å². The van der Waals surface area contributed by atoms with Crippen LogP contribution in [0, 0.1) is 12.8 Å². The summed E-state index contributed by atoms with van der Waals surface area (Å²) in [7, 11) is 0. The number of nitrogens with one attached hydrogen (secondary N) is 1. The lowest BCUT2D eigenvalue weighted by Crippen LogP contribution is -2.07. The van der Waals surface area contributed by atoms with E-state index >= 15 is 0 Å². The highest BCUT2D eigenvalue weighted by Crippen LogP contribution is 2.23. The van der Waals surface area contributed by atoms with Gasteiger partial charge in [0, 0.05) is 17.8 Å². The van der Waals surface area contributed by atoms with Crippen molar-refractivity contribution < 1.29 is 4.74 Å². The van der Waals surface area contributed by atoms with Crippen LogP contribution in [0.4, 0.5) is 5.69 Å². The van der Waals surface area contributed by atoms with Gasteiger partial charge in [-0.25, -0.2) is 0 Å². The van der Waals surface area contributed by atoms with Gasteiger partial charge < -0.3 is 10.1 Å². The fourth-order valence-electron chi connectivity index (χ4n) is 2.13. The lowest BCUT2D eigenvalue weighted by molar-refractivity contribution is 0.271. The number of aryl methyl sites for hydroxylation is 1. The fraction of sp³-hybridized carbons (Fsp3) is 0.368. The largest absolute Gasteiger partial charge is 0.493 e. The topological polar surface area (TPSA) is 21.3 Å². The molecule has 1 unspecified atom stereocenters. The van der Waals surface area contributed by atoms with E-state index in [1.807, 2.05) is 12.1 Å². The minimum atomic E-state index is 0.269. The molecule has 2 heteroatoms. The van der Waals surface area contributed by atoms with Crippen LogP contribution in [0.1, 0.15) is 37.9 Å². The maximum absolute atomic E-state index is 5.77. The molecule has 112 valence electrons. The summed E-state index contributed by atoms with van der Waals surface area (Å²) >= 11 is 0. The molecule has 0 amide bonds. The molecular weight excluding hydrogens is 258 g/mol. The molecule has 2 aromatic carbocycles. The van der Waals surface area contributed by atoms with Crippen LogP contribution in [0.5, 0.6) is 5.75 Å². The zero-order chi connectivity index (χ0) is 15.2. The molecule has 0 aliphatic carbocycles. The first-order valence-corrected chi connectivity index (χ1v) is 7.60. The third kappa shape index (κ3) is 4.82. The first-order valence-electron chi connectivity index (χ1n) is 7.60. The Balaban J connectivity index is 2.01. The van der Waals surface area contributed by atoms with E-state index in [4.69, 9.17) is 4.74 Å². The minimum Gasteiger partial charge on any atom is -0.493 e. The van der Waals surface area contributed by atoms with E-state index in [9.17, 15) is 0 Å². The van der Waals surface area contributed by atoms with E-state index in [2.05, 4.69) is 69.4 Å². The Morgan fingerprint density at radius 2 is 1.71 bits per heavy atom. The van der Waals surface area contributed by atoms with Gasteiger partial charge in [-0.05, 0) is 37.5 Å². The molecule has 2 nitrogen and oxygen atoms in total. The lowest BCUT2D eigenvalue weighted by atomic mass is 10.1. The zero-order valence-electron chi connectivity index (χ0n) is 13.4. The van der Waals surface area contributed by atoms with E-state index < -0.39 is 0 Å². The number of benzene rings is 2.